The van der Waals surface area contributed by atoms with Crippen molar-refractivity contribution in [2.45, 2.75) is 18.2 Å². The Labute approximate surface area is 138 Å². The highest BCUT2D eigenvalue weighted by Gasteiger charge is 2.28. The number of rotatable bonds is 5. The van der Waals surface area contributed by atoms with E-state index in [4.69, 9.17) is 23.2 Å². The Hall–Kier alpha value is -0.430. The van der Waals surface area contributed by atoms with Crippen molar-refractivity contribution in [1.29, 1.82) is 0 Å². The van der Waals surface area contributed by atoms with Gasteiger partial charge in [0.2, 0.25) is 5.91 Å². The van der Waals surface area contributed by atoms with Crippen molar-refractivity contribution in [3.05, 3.63) is 33.8 Å². The average Bonchev–Trinajstić information content (AvgIpc) is 2.71. The summed E-state index contributed by atoms with van der Waals surface area (Å²) in [4.78, 5) is 11.8. The smallest absolute Gasteiger partial charge is 0.230 e. The second kappa shape index (κ2) is 7.22. The summed E-state index contributed by atoms with van der Waals surface area (Å²) in [6.45, 7) is 0. The van der Waals surface area contributed by atoms with Crippen molar-refractivity contribution in [2.24, 2.45) is 0 Å². The van der Waals surface area contributed by atoms with E-state index >= 15 is 0 Å². The summed E-state index contributed by atoms with van der Waals surface area (Å²) in [5, 5.41) is 3.91. The Morgan fingerprint density at radius 1 is 1.38 bits per heavy atom. The van der Waals surface area contributed by atoms with Crippen LogP contribution in [0.3, 0.4) is 0 Å². The van der Waals surface area contributed by atoms with Gasteiger partial charge in [-0.05, 0) is 24.1 Å². The SMILES string of the molecule is O=C(CSCc1ccc(Cl)cc1Cl)NC1CCS(=O)(=O)C1. The van der Waals surface area contributed by atoms with Crippen LogP contribution in [0.1, 0.15) is 12.0 Å². The molecule has 1 N–H and O–H groups in total. The molecule has 1 aromatic carbocycles. The van der Waals surface area contributed by atoms with Gasteiger partial charge in [-0.2, -0.15) is 0 Å². The van der Waals surface area contributed by atoms with Crippen LogP contribution < -0.4 is 5.32 Å². The lowest BCUT2D eigenvalue weighted by atomic mass is 10.2. The third-order valence-corrected chi connectivity index (χ3v) is 6.44. The molecule has 1 saturated heterocycles. The lowest BCUT2D eigenvalue weighted by Gasteiger charge is -2.10. The predicted octanol–water partition coefficient (Wildman–Crippen LogP) is 2.53. The molecule has 1 unspecified atom stereocenters. The maximum Gasteiger partial charge on any atom is 0.230 e. The van der Waals surface area contributed by atoms with Crippen LogP contribution in [0.25, 0.3) is 0 Å². The third-order valence-electron chi connectivity index (χ3n) is 3.10. The van der Waals surface area contributed by atoms with Crippen LogP contribution in [0.2, 0.25) is 10.0 Å². The number of hydrogen-bond acceptors (Lipinski definition) is 4. The van der Waals surface area contributed by atoms with Crippen LogP contribution in [0.4, 0.5) is 0 Å². The molecule has 0 aliphatic carbocycles. The van der Waals surface area contributed by atoms with Crippen molar-refractivity contribution < 1.29 is 13.2 Å². The van der Waals surface area contributed by atoms with Crippen molar-refractivity contribution in [3.63, 3.8) is 0 Å². The van der Waals surface area contributed by atoms with E-state index in [-0.39, 0.29) is 29.2 Å². The van der Waals surface area contributed by atoms with Gasteiger partial charge < -0.3 is 5.32 Å². The largest absolute Gasteiger partial charge is 0.352 e. The highest BCUT2D eigenvalue weighted by atomic mass is 35.5. The zero-order valence-electron chi connectivity index (χ0n) is 11.1. The van der Waals surface area contributed by atoms with E-state index < -0.39 is 9.84 Å². The summed E-state index contributed by atoms with van der Waals surface area (Å²) >= 11 is 13.3. The first kappa shape index (κ1) is 16.9. The van der Waals surface area contributed by atoms with E-state index in [0.29, 0.717) is 22.2 Å². The van der Waals surface area contributed by atoms with E-state index in [1.54, 1.807) is 12.1 Å². The number of benzene rings is 1. The number of amides is 1. The van der Waals surface area contributed by atoms with E-state index in [1.165, 1.54) is 11.8 Å². The highest BCUT2D eigenvalue weighted by molar-refractivity contribution is 7.99. The molecule has 1 aliphatic heterocycles. The Morgan fingerprint density at radius 2 is 2.14 bits per heavy atom. The minimum atomic E-state index is -2.97. The zero-order chi connectivity index (χ0) is 15.5. The second-order valence-corrected chi connectivity index (χ2v) is 8.95. The molecule has 1 amide bonds. The van der Waals surface area contributed by atoms with Crippen LogP contribution in [-0.2, 0) is 20.4 Å². The van der Waals surface area contributed by atoms with Gasteiger partial charge in [-0.1, -0.05) is 29.3 Å². The van der Waals surface area contributed by atoms with E-state index in [2.05, 4.69) is 5.32 Å². The average molecular weight is 368 g/mol. The number of carbonyl (C=O) groups is 1. The Morgan fingerprint density at radius 3 is 2.76 bits per heavy atom. The predicted molar refractivity (Wildman–Crippen MR) is 87.8 cm³/mol. The molecular formula is C13H15Cl2NO3S2. The van der Waals surface area contributed by atoms with Gasteiger partial charge in [0.1, 0.15) is 0 Å². The fourth-order valence-electron chi connectivity index (χ4n) is 2.07. The van der Waals surface area contributed by atoms with Crippen LogP contribution in [0.5, 0.6) is 0 Å². The molecular weight excluding hydrogens is 353 g/mol. The zero-order valence-corrected chi connectivity index (χ0v) is 14.3. The highest BCUT2D eigenvalue weighted by Crippen LogP contribution is 2.24. The maximum atomic E-state index is 11.8. The van der Waals surface area contributed by atoms with Gasteiger partial charge >= 0.3 is 0 Å². The topological polar surface area (TPSA) is 63.2 Å². The number of halogens is 2. The molecule has 1 aliphatic rings. The molecule has 1 fully saturated rings. The van der Waals surface area contributed by atoms with Crippen LogP contribution >= 0.6 is 35.0 Å². The molecule has 1 atom stereocenters. The molecule has 0 aromatic heterocycles. The first-order valence-electron chi connectivity index (χ1n) is 6.37. The summed E-state index contributed by atoms with van der Waals surface area (Å²) < 4.78 is 22.6. The molecule has 2 rings (SSSR count). The van der Waals surface area contributed by atoms with Gasteiger partial charge in [0, 0.05) is 21.8 Å². The summed E-state index contributed by atoms with van der Waals surface area (Å²) in [5.41, 5.74) is 0.919. The number of sulfone groups is 1. The minimum absolute atomic E-state index is 0.0480. The summed E-state index contributed by atoms with van der Waals surface area (Å²) in [6, 6.07) is 5.01. The Balaban J connectivity index is 1.74. The lowest BCUT2D eigenvalue weighted by Crippen LogP contribution is -2.36. The van der Waals surface area contributed by atoms with Crippen molar-refractivity contribution in [2.75, 3.05) is 17.3 Å². The van der Waals surface area contributed by atoms with Crippen LogP contribution in [0, 0.1) is 0 Å². The summed E-state index contributed by atoms with van der Waals surface area (Å²) in [5.74, 6) is 0.937. The molecule has 8 heteroatoms. The molecule has 0 saturated carbocycles. The van der Waals surface area contributed by atoms with Crippen molar-refractivity contribution in [1.82, 2.24) is 5.32 Å². The van der Waals surface area contributed by atoms with Gasteiger partial charge in [0.05, 0.1) is 17.3 Å². The fraction of sp³-hybridized carbons (Fsp3) is 0.462. The van der Waals surface area contributed by atoms with Gasteiger partial charge in [0.15, 0.2) is 9.84 Å². The molecule has 4 nitrogen and oxygen atoms in total. The van der Waals surface area contributed by atoms with Gasteiger partial charge in [-0.15, -0.1) is 11.8 Å². The van der Waals surface area contributed by atoms with E-state index in [1.807, 2.05) is 6.07 Å². The molecule has 21 heavy (non-hydrogen) atoms. The standard InChI is InChI=1S/C13H15Cl2NO3S2/c14-10-2-1-9(12(15)5-10)6-20-7-13(17)16-11-3-4-21(18,19)8-11/h1-2,5,11H,3-4,6-8H2,(H,16,17). The quantitative estimate of drug-likeness (QED) is 0.868. The summed E-state index contributed by atoms with van der Waals surface area (Å²) in [7, 11) is -2.97. The Kier molecular flexibility index (Phi) is 5.82. The number of nitrogens with one attached hydrogen (secondary N) is 1. The van der Waals surface area contributed by atoms with Gasteiger partial charge in [0.25, 0.3) is 0 Å². The molecule has 0 spiro atoms. The van der Waals surface area contributed by atoms with Gasteiger partial charge in [-0.3, -0.25) is 4.79 Å². The van der Waals surface area contributed by atoms with E-state index in [0.717, 1.165) is 5.56 Å². The first-order chi connectivity index (χ1) is 9.85. The first-order valence-corrected chi connectivity index (χ1v) is 10.1. The fourth-order valence-corrected chi connectivity index (χ4v) is 5.14. The van der Waals surface area contributed by atoms with Gasteiger partial charge in [-0.25, -0.2) is 8.42 Å². The normalized spacial score (nSPS) is 20.4. The van der Waals surface area contributed by atoms with Crippen molar-refractivity contribution in [3.8, 4) is 0 Å². The molecule has 1 aromatic rings. The van der Waals surface area contributed by atoms with Crippen molar-refractivity contribution >= 4 is 50.7 Å². The summed E-state index contributed by atoms with van der Waals surface area (Å²) in [6.07, 6.45) is 0.502. The maximum absolute atomic E-state index is 11.8. The van der Waals surface area contributed by atoms with Crippen LogP contribution in [-0.4, -0.2) is 37.6 Å². The molecule has 0 bridgehead atoms. The minimum Gasteiger partial charge on any atom is -0.352 e. The Bertz CT molecular complexity index is 634. The molecule has 1 heterocycles. The van der Waals surface area contributed by atoms with E-state index in [9.17, 15) is 13.2 Å². The molecule has 116 valence electrons. The monoisotopic (exact) mass is 367 g/mol. The second-order valence-electron chi connectivity index (χ2n) is 4.90. The van der Waals surface area contributed by atoms with Crippen LogP contribution in [0.15, 0.2) is 18.2 Å². The number of carbonyl (C=O) groups excluding carboxylic acids is 1. The third kappa shape index (κ3) is 5.36. The lowest BCUT2D eigenvalue weighted by molar-refractivity contribution is -0.119. The number of thioether (sulfide) groups is 1. The number of hydrogen-bond donors (Lipinski definition) is 1. The molecule has 0 radical (unpaired) electrons.